The van der Waals surface area contributed by atoms with E-state index < -0.39 is 10.1 Å². The molecule has 15 heavy (non-hydrogen) atoms. The van der Waals surface area contributed by atoms with Crippen molar-refractivity contribution in [1.29, 1.82) is 5.26 Å². The molecular weight excluding hydrogens is 218 g/mol. The number of nitriles is 1. The fourth-order valence-electron chi connectivity index (χ4n) is 0.641. The molecule has 4 N–H and O–H groups in total. The van der Waals surface area contributed by atoms with Crippen LogP contribution in [0.3, 0.4) is 0 Å². The smallest absolute Gasteiger partial charge is 0.261 e. The van der Waals surface area contributed by atoms with E-state index in [0.29, 0.717) is 11.8 Å². The first-order chi connectivity index (χ1) is 6.86. The maximum Gasteiger partial charge on any atom is 0.261 e. The molecule has 0 aromatic heterocycles. The van der Waals surface area contributed by atoms with Crippen LogP contribution in [0.15, 0.2) is 24.3 Å². The van der Waals surface area contributed by atoms with E-state index >= 15 is 0 Å². The van der Waals surface area contributed by atoms with Crippen LogP contribution in [0, 0.1) is 11.3 Å². The summed E-state index contributed by atoms with van der Waals surface area (Å²) < 4.78 is 25.9. The van der Waals surface area contributed by atoms with E-state index in [1.807, 2.05) is 6.07 Å². The van der Waals surface area contributed by atoms with Crippen molar-refractivity contribution < 1.29 is 13.0 Å². The number of nitrogens with one attached hydrogen (secondary N) is 1. The maximum atomic E-state index is 9.19. The molecule has 0 unspecified atom stereocenters. The minimum absolute atomic E-state index is 0.638. The number of nitrogen functional groups attached to an aromatic ring is 1. The van der Waals surface area contributed by atoms with Crippen molar-refractivity contribution >= 4 is 15.8 Å². The highest BCUT2D eigenvalue weighted by Crippen LogP contribution is 2.05. The summed E-state index contributed by atoms with van der Waals surface area (Å²) in [6.07, 6.45) is 0.715. The number of nitrogens with zero attached hydrogens (tertiary/aromatic N) is 1. The SMILES string of the molecule is CS(=O)(=O)O.N#Cc1ccc(NN)cc1. The number of benzene rings is 1. The molecule has 0 spiro atoms. The maximum absolute atomic E-state index is 9.19. The van der Waals surface area contributed by atoms with Crippen LogP contribution in [0.4, 0.5) is 5.69 Å². The number of hydrazine groups is 1. The Hall–Kier alpha value is -1.62. The lowest BCUT2D eigenvalue weighted by atomic mass is 10.2. The molecule has 0 aliphatic heterocycles. The molecule has 82 valence electrons. The molecule has 0 saturated heterocycles. The Labute approximate surface area is 88.0 Å². The third kappa shape index (κ3) is 8.70. The van der Waals surface area contributed by atoms with Crippen LogP contribution in [0.2, 0.25) is 0 Å². The van der Waals surface area contributed by atoms with Crippen LogP contribution < -0.4 is 11.3 Å². The minimum Gasteiger partial charge on any atom is -0.324 e. The lowest BCUT2D eigenvalue weighted by molar-refractivity contribution is 0.490. The van der Waals surface area contributed by atoms with Crippen LogP contribution in [0.25, 0.3) is 0 Å². The van der Waals surface area contributed by atoms with Crippen LogP contribution >= 0.6 is 0 Å². The molecule has 0 aliphatic rings. The minimum atomic E-state index is -3.67. The summed E-state index contributed by atoms with van der Waals surface area (Å²) in [6, 6.07) is 8.91. The van der Waals surface area contributed by atoms with Gasteiger partial charge in [0.2, 0.25) is 0 Å². The van der Waals surface area contributed by atoms with Gasteiger partial charge in [0.1, 0.15) is 0 Å². The number of rotatable bonds is 1. The normalized spacial score (nSPS) is 9.47. The van der Waals surface area contributed by atoms with E-state index in [1.54, 1.807) is 24.3 Å². The summed E-state index contributed by atoms with van der Waals surface area (Å²) in [5.74, 6) is 5.11. The van der Waals surface area contributed by atoms with Gasteiger partial charge >= 0.3 is 0 Å². The molecule has 7 heteroatoms. The van der Waals surface area contributed by atoms with E-state index in [1.165, 1.54) is 0 Å². The number of nitrogens with two attached hydrogens (primary N) is 1. The van der Waals surface area contributed by atoms with Crippen molar-refractivity contribution in [3.05, 3.63) is 29.8 Å². The van der Waals surface area contributed by atoms with Gasteiger partial charge in [0.15, 0.2) is 0 Å². The number of anilines is 1. The molecule has 0 atom stereocenters. The van der Waals surface area contributed by atoms with Gasteiger partial charge in [-0.1, -0.05) is 0 Å². The van der Waals surface area contributed by atoms with Crippen molar-refractivity contribution in [1.82, 2.24) is 0 Å². The fraction of sp³-hybridized carbons (Fsp3) is 0.125. The molecule has 0 bridgehead atoms. The lowest BCUT2D eigenvalue weighted by Crippen LogP contribution is -2.05. The highest BCUT2D eigenvalue weighted by molar-refractivity contribution is 7.85. The summed E-state index contributed by atoms with van der Waals surface area (Å²) in [5, 5.41) is 8.40. The third-order valence-corrected chi connectivity index (χ3v) is 1.18. The molecule has 0 radical (unpaired) electrons. The Kier molecular flexibility index (Phi) is 5.33. The largest absolute Gasteiger partial charge is 0.324 e. The quantitative estimate of drug-likeness (QED) is 0.363. The number of hydrogen-bond acceptors (Lipinski definition) is 5. The summed E-state index contributed by atoms with van der Waals surface area (Å²) in [4.78, 5) is 0. The Morgan fingerprint density at radius 3 is 2.07 bits per heavy atom. The van der Waals surface area contributed by atoms with Gasteiger partial charge in [-0.05, 0) is 24.3 Å². The Morgan fingerprint density at radius 2 is 1.80 bits per heavy atom. The van der Waals surface area contributed by atoms with E-state index in [4.69, 9.17) is 15.7 Å². The Bertz CT molecular complexity index is 425. The molecule has 0 heterocycles. The van der Waals surface area contributed by atoms with Crippen LogP contribution in [-0.4, -0.2) is 19.2 Å². The molecule has 0 aliphatic carbocycles. The van der Waals surface area contributed by atoms with Crippen molar-refractivity contribution in [2.24, 2.45) is 5.84 Å². The molecule has 0 fully saturated rings. The zero-order chi connectivity index (χ0) is 11.9. The molecule has 1 rings (SSSR count). The van der Waals surface area contributed by atoms with Gasteiger partial charge < -0.3 is 5.43 Å². The highest BCUT2D eigenvalue weighted by Gasteiger charge is 1.88. The van der Waals surface area contributed by atoms with Gasteiger partial charge in [-0.25, -0.2) is 0 Å². The van der Waals surface area contributed by atoms with E-state index in [2.05, 4.69) is 5.43 Å². The van der Waals surface area contributed by atoms with E-state index in [-0.39, 0.29) is 0 Å². The standard InChI is InChI=1S/C7H7N3.CH4O3S/c8-5-6-1-3-7(10-9)4-2-6;1-5(2,3)4/h1-4,10H,9H2;1H3,(H,2,3,4). The van der Waals surface area contributed by atoms with Gasteiger partial charge in [-0.3, -0.25) is 10.4 Å². The summed E-state index contributed by atoms with van der Waals surface area (Å²) in [5.41, 5.74) is 3.91. The topological polar surface area (TPSA) is 116 Å². The first kappa shape index (κ1) is 13.4. The van der Waals surface area contributed by atoms with Gasteiger partial charge in [0.05, 0.1) is 17.9 Å². The molecule has 1 aromatic rings. The second kappa shape index (κ2) is 5.98. The first-order valence-corrected chi connectivity index (χ1v) is 5.61. The summed E-state index contributed by atoms with van der Waals surface area (Å²) in [7, 11) is -3.67. The highest BCUT2D eigenvalue weighted by atomic mass is 32.2. The zero-order valence-electron chi connectivity index (χ0n) is 8.01. The van der Waals surface area contributed by atoms with Crippen LogP contribution in [0.5, 0.6) is 0 Å². The fourth-order valence-corrected chi connectivity index (χ4v) is 0.641. The monoisotopic (exact) mass is 229 g/mol. The first-order valence-electron chi connectivity index (χ1n) is 3.76. The van der Waals surface area contributed by atoms with Crippen molar-refractivity contribution in [2.45, 2.75) is 0 Å². The van der Waals surface area contributed by atoms with E-state index in [9.17, 15) is 8.42 Å². The molecule has 0 amide bonds. The second-order valence-electron chi connectivity index (χ2n) is 2.57. The Balaban J connectivity index is 0.000000336. The van der Waals surface area contributed by atoms with Gasteiger partial charge in [-0.15, -0.1) is 0 Å². The van der Waals surface area contributed by atoms with Crippen molar-refractivity contribution in [3.8, 4) is 6.07 Å². The average Bonchev–Trinajstić information content (AvgIpc) is 2.15. The van der Waals surface area contributed by atoms with Crippen molar-refractivity contribution in [3.63, 3.8) is 0 Å². The average molecular weight is 229 g/mol. The van der Waals surface area contributed by atoms with Crippen LogP contribution in [-0.2, 0) is 10.1 Å². The van der Waals surface area contributed by atoms with Gasteiger partial charge in [0.25, 0.3) is 10.1 Å². The molecular formula is C8H11N3O3S. The predicted molar refractivity (Wildman–Crippen MR) is 56.4 cm³/mol. The lowest BCUT2D eigenvalue weighted by Gasteiger charge is -1.96. The third-order valence-electron chi connectivity index (χ3n) is 1.18. The van der Waals surface area contributed by atoms with Crippen molar-refractivity contribution in [2.75, 3.05) is 11.7 Å². The molecule has 1 aromatic carbocycles. The van der Waals surface area contributed by atoms with E-state index in [0.717, 1.165) is 5.69 Å². The summed E-state index contributed by atoms with van der Waals surface area (Å²) >= 11 is 0. The predicted octanol–water partition coefficient (Wildman–Crippen LogP) is 0.348. The van der Waals surface area contributed by atoms with Gasteiger partial charge in [-0.2, -0.15) is 13.7 Å². The Morgan fingerprint density at radius 1 is 1.40 bits per heavy atom. The van der Waals surface area contributed by atoms with Gasteiger partial charge in [0, 0.05) is 5.69 Å². The zero-order valence-corrected chi connectivity index (χ0v) is 8.82. The molecule has 0 saturated carbocycles. The number of hydrogen-bond donors (Lipinski definition) is 3. The molecule has 6 nitrogen and oxygen atoms in total. The van der Waals surface area contributed by atoms with Crippen LogP contribution in [0.1, 0.15) is 5.56 Å². The second-order valence-corrected chi connectivity index (χ2v) is 4.03. The summed E-state index contributed by atoms with van der Waals surface area (Å²) in [6.45, 7) is 0.